The van der Waals surface area contributed by atoms with Crippen LogP contribution in [0.25, 0.3) is 0 Å². The minimum atomic E-state index is -4.63. The van der Waals surface area contributed by atoms with Crippen LogP contribution in [0.1, 0.15) is 219 Å². The zero-order valence-corrected chi connectivity index (χ0v) is 36.3. The molecule has 0 saturated heterocycles. The Labute approximate surface area is 336 Å². The van der Waals surface area contributed by atoms with Gasteiger partial charge in [-0.05, 0) is 38.5 Å². The van der Waals surface area contributed by atoms with Crippen molar-refractivity contribution in [3.8, 4) is 0 Å². The van der Waals surface area contributed by atoms with E-state index in [1.807, 2.05) is 0 Å². The van der Waals surface area contributed by atoms with E-state index in [-0.39, 0.29) is 12.8 Å². The highest BCUT2D eigenvalue weighted by Gasteiger charge is 2.27. The molecule has 3 N–H and O–H groups in total. The van der Waals surface area contributed by atoms with Crippen molar-refractivity contribution in [2.75, 3.05) is 26.4 Å². The Morgan fingerprint density at radius 2 is 0.745 bits per heavy atom. The largest absolute Gasteiger partial charge is 0.472 e. The fraction of sp³-hybridized carbons (Fsp3) is 0.909. The number of unbranched alkanes of at least 4 members (excludes halogenated alkanes) is 27. The first-order valence-electron chi connectivity index (χ1n) is 22.6. The lowest BCUT2D eigenvalue weighted by atomic mass is 10.0. The summed E-state index contributed by atoms with van der Waals surface area (Å²) in [5, 5.41) is 19.2. The van der Waals surface area contributed by atoms with E-state index in [1.54, 1.807) is 0 Å². The average Bonchev–Trinajstić information content (AvgIpc) is 3.17. The zero-order chi connectivity index (χ0) is 40.5. The number of aliphatic hydroxyl groups excluding tert-OH is 2. The lowest BCUT2D eigenvalue weighted by Crippen LogP contribution is -2.28. The van der Waals surface area contributed by atoms with Crippen molar-refractivity contribution in [1.82, 2.24) is 0 Å². The van der Waals surface area contributed by atoms with Crippen molar-refractivity contribution in [1.29, 1.82) is 0 Å². The summed E-state index contributed by atoms with van der Waals surface area (Å²) < 4.78 is 32.6. The molecule has 10 nitrogen and oxygen atoms in total. The Balaban J connectivity index is 3.88. The van der Waals surface area contributed by atoms with Crippen molar-refractivity contribution in [2.45, 2.75) is 232 Å². The van der Waals surface area contributed by atoms with E-state index < -0.39 is 58.4 Å². The van der Waals surface area contributed by atoms with Crippen LogP contribution in [-0.4, -0.2) is 65.7 Å². The Hall–Kier alpha value is -1.29. The standard InChI is InChI=1S/C44H85O10P/c1-3-5-7-9-11-13-15-17-19-20-21-22-24-26-28-30-32-34-36-44(48)54-42(38-46)40-52-55(49,50)51-39-41(37-45)53-43(47)35-33-31-29-27-25-23-18-16-14-12-10-8-6-4-2/h19-20,41-42,45-46H,3-18,21-40H2,1-2H3,(H,49,50)/b20-19-. The molecule has 55 heavy (non-hydrogen) atoms. The number of carbonyl (C=O) groups is 2. The summed E-state index contributed by atoms with van der Waals surface area (Å²) in [4.78, 5) is 34.5. The molecule has 0 saturated carbocycles. The molecule has 0 amide bonds. The Kier molecular flexibility index (Phi) is 39.9. The van der Waals surface area contributed by atoms with E-state index >= 15 is 0 Å². The Morgan fingerprint density at radius 1 is 0.473 bits per heavy atom. The van der Waals surface area contributed by atoms with Crippen molar-refractivity contribution in [3.63, 3.8) is 0 Å². The smallest absolute Gasteiger partial charge is 0.457 e. The SMILES string of the molecule is CCCCCCCCC/C=C\CCCCCCCCCC(=O)OC(CO)COP(=O)(O)OCC(CO)OC(=O)CCCCCCCCCCCCCCCC. The van der Waals surface area contributed by atoms with E-state index in [0.717, 1.165) is 44.9 Å². The molecule has 0 bridgehead atoms. The number of ether oxygens (including phenoxy) is 2. The number of phosphoric ester groups is 1. The molecule has 0 aliphatic heterocycles. The van der Waals surface area contributed by atoms with E-state index in [2.05, 4.69) is 26.0 Å². The molecule has 0 aromatic rings. The molecule has 0 spiro atoms. The fourth-order valence-corrected chi connectivity index (χ4v) is 7.25. The molecule has 0 heterocycles. The summed E-state index contributed by atoms with van der Waals surface area (Å²) in [6.45, 7) is 2.23. The van der Waals surface area contributed by atoms with Crippen molar-refractivity contribution >= 4 is 19.8 Å². The molecule has 0 rings (SSSR count). The highest BCUT2D eigenvalue weighted by Crippen LogP contribution is 2.43. The lowest BCUT2D eigenvalue weighted by Gasteiger charge is -2.20. The van der Waals surface area contributed by atoms with Gasteiger partial charge in [0.1, 0.15) is 12.2 Å². The van der Waals surface area contributed by atoms with Crippen molar-refractivity contribution < 1.29 is 47.8 Å². The van der Waals surface area contributed by atoms with Crippen LogP contribution in [0.4, 0.5) is 0 Å². The van der Waals surface area contributed by atoms with E-state index in [1.165, 1.54) is 135 Å². The Morgan fingerprint density at radius 3 is 1.04 bits per heavy atom. The van der Waals surface area contributed by atoms with Gasteiger partial charge in [0.25, 0.3) is 0 Å². The van der Waals surface area contributed by atoms with Gasteiger partial charge in [0.05, 0.1) is 26.4 Å². The molecular weight excluding hydrogens is 719 g/mol. The van der Waals surface area contributed by atoms with Crippen LogP contribution in [0.2, 0.25) is 0 Å². The number of carbonyl (C=O) groups excluding carboxylic acids is 2. The fourth-order valence-electron chi connectivity index (χ4n) is 6.46. The minimum Gasteiger partial charge on any atom is -0.457 e. The summed E-state index contributed by atoms with van der Waals surface area (Å²) in [6.07, 6.45) is 38.9. The highest BCUT2D eigenvalue weighted by molar-refractivity contribution is 7.47. The monoisotopic (exact) mass is 805 g/mol. The number of rotatable bonds is 43. The molecule has 0 aromatic carbocycles. The summed E-state index contributed by atoms with van der Waals surface area (Å²) in [5.74, 6) is -1.01. The maximum Gasteiger partial charge on any atom is 0.472 e. The highest BCUT2D eigenvalue weighted by atomic mass is 31.2. The quantitative estimate of drug-likeness (QED) is 0.0235. The molecule has 0 fully saturated rings. The third-order valence-electron chi connectivity index (χ3n) is 9.98. The average molecular weight is 805 g/mol. The van der Waals surface area contributed by atoms with Gasteiger partial charge in [-0.25, -0.2) is 4.57 Å². The predicted octanol–water partition coefficient (Wildman–Crippen LogP) is 12.0. The van der Waals surface area contributed by atoms with Crippen LogP contribution in [-0.2, 0) is 32.7 Å². The zero-order valence-electron chi connectivity index (χ0n) is 35.4. The topological polar surface area (TPSA) is 149 Å². The summed E-state index contributed by atoms with van der Waals surface area (Å²) in [6, 6.07) is 0. The second-order valence-corrected chi connectivity index (χ2v) is 16.8. The van der Waals surface area contributed by atoms with Gasteiger partial charge < -0.3 is 24.6 Å². The first-order valence-corrected chi connectivity index (χ1v) is 24.1. The van der Waals surface area contributed by atoms with Crippen LogP contribution in [0, 0.1) is 0 Å². The third-order valence-corrected chi connectivity index (χ3v) is 10.9. The summed E-state index contributed by atoms with van der Waals surface area (Å²) in [7, 11) is -4.63. The minimum absolute atomic E-state index is 0.191. The molecule has 0 aliphatic carbocycles. The van der Waals surface area contributed by atoms with Gasteiger partial charge in [-0.15, -0.1) is 0 Å². The van der Waals surface area contributed by atoms with Crippen LogP contribution in [0.3, 0.4) is 0 Å². The molecular formula is C44H85O10P. The van der Waals surface area contributed by atoms with Gasteiger partial charge in [-0.3, -0.25) is 18.6 Å². The lowest BCUT2D eigenvalue weighted by molar-refractivity contribution is -0.153. The van der Waals surface area contributed by atoms with Crippen LogP contribution in [0.15, 0.2) is 12.2 Å². The molecule has 0 aliphatic rings. The van der Waals surface area contributed by atoms with Crippen LogP contribution >= 0.6 is 7.82 Å². The third kappa shape index (κ3) is 39.3. The second-order valence-electron chi connectivity index (χ2n) is 15.4. The summed E-state index contributed by atoms with van der Waals surface area (Å²) in [5.41, 5.74) is 0. The number of allylic oxidation sites excluding steroid dienone is 2. The van der Waals surface area contributed by atoms with Gasteiger partial charge in [0.2, 0.25) is 0 Å². The normalized spacial score (nSPS) is 13.9. The molecule has 11 heteroatoms. The molecule has 3 unspecified atom stereocenters. The van der Waals surface area contributed by atoms with E-state index in [9.17, 15) is 29.3 Å². The van der Waals surface area contributed by atoms with Gasteiger partial charge in [0.15, 0.2) is 0 Å². The van der Waals surface area contributed by atoms with Gasteiger partial charge >= 0.3 is 19.8 Å². The molecule has 0 radical (unpaired) electrons. The molecule has 326 valence electrons. The first-order chi connectivity index (χ1) is 26.8. The summed E-state index contributed by atoms with van der Waals surface area (Å²) >= 11 is 0. The second kappa shape index (κ2) is 40.9. The maximum atomic E-state index is 12.4. The van der Waals surface area contributed by atoms with Crippen molar-refractivity contribution in [2.24, 2.45) is 0 Å². The number of hydrogen-bond acceptors (Lipinski definition) is 9. The Bertz CT molecular complexity index is 930. The van der Waals surface area contributed by atoms with Gasteiger partial charge in [-0.1, -0.05) is 180 Å². The number of phosphoric acid groups is 1. The first kappa shape index (κ1) is 53.7. The molecule has 0 aromatic heterocycles. The number of esters is 2. The van der Waals surface area contributed by atoms with Crippen LogP contribution in [0.5, 0.6) is 0 Å². The predicted molar refractivity (Wildman–Crippen MR) is 224 cm³/mol. The van der Waals surface area contributed by atoms with E-state index in [0.29, 0.717) is 12.8 Å². The van der Waals surface area contributed by atoms with Crippen LogP contribution < -0.4 is 0 Å². The molecule has 3 atom stereocenters. The maximum absolute atomic E-state index is 12.4. The van der Waals surface area contributed by atoms with Gasteiger partial charge in [-0.2, -0.15) is 0 Å². The van der Waals surface area contributed by atoms with Crippen molar-refractivity contribution in [3.05, 3.63) is 12.2 Å². The number of aliphatic hydroxyl groups is 2. The number of hydrogen-bond donors (Lipinski definition) is 3. The van der Waals surface area contributed by atoms with E-state index in [4.69, 9.17) is 18.5 Å². The van der Waals surface area contributed by atoms with Gasteiger partial charge in [0, 0.05) is 12.8 Å².